The quantitative estimate of drug-likeness (QED) is 0.167. The summed E-state index contributed by atoms with van der Waals surface area (Å²) < 4.78 is 6.61. The molecule has 0 amide bonds. The van der Waals surface area contributed by atoms with Gasteiger partial charge in [-0.15, -0.1) is 0 Å². The van der Waals surface area contributed by atoms with Gasteiger partial charge in [0.1, 0.15) is 11.2 Å². The van der Waals surface area contributed by atoms with Gasteiger partial charge in [-0.3, -0.25) is 0 Å². The number of para-hydroxylation sites is 1. The monoisotopic (exact) mass is 781 g/mol. The summed E-state index contributed by atoms with van der Waals surface area (Å²) in [6.07, 6.45) is 8.17. The molecule has 0 bridgehead atoms. The Balaban J connectivity index is 1.02. The molecule has 1 aromatic heterocycles. The zero-order chi connectivity index (χ0) is 40.7. The lowest BCUT2D eigenvalue weighted by Gasteiger charge is -2.32. The van der Waals surface area contributed by atoms with Crippen molar-refractivity contribution in [2.45, 2.75) is 31.6 Å². The molecule has 2 aliphatic rings. The number of nitrogens with zero attached hydrogens (tertiary/aromatic N) is 1. The van der Waals surface area contributed by atoms with Crippen LogP contribution in [0.3, 0.4) is 0 Å². The van der Waals surface area contributed by atoms with Crippen molar-refractivity contribution < 1.29 is 4.42 Å². The Morgan fingerprint density at radius 1 is 0.525 bits per heavy atom. The first-order valence-corrected chi connectivity index (χ1v) is 21.4. The maximum Gasteiger partial charge on any atom is 0.136 e. The lowest BCUT2D eigenvalue weighted by Crippen LogP contribution is -2.20. The number of benzene rings is 9. The Kier molecular flexibility index (Phi) is 8.05. The SMILES string of the molecule is CC1(C)c2ccccc2-c2cccc(C3C=CC(N(c4cccc(-c5cccc6ccccc56)c4)c4ccccc4-c4cccc5oc6cc7ccccc7cc6c45)=CC3)c21. The Morgan fingerprint density at radius 3 is 2.07 bits per heavy atom. The predicted molar refractivity (Wildman–Crippen MR) is 257 cm³/mol. The molecule has 1 heterocycles. The highest BCUT2D eigenvalue weighted by Gasteiger charge is 2.38. The maximum absolute atomic E-state index is 6.61. The predicted octanol–water partition coefficient (Wildman–Crippen LogP) is 16.3. The molecule has 0 radical (unpaired) electrons. The molecule has 1 atom stereocenters. The van der Waals surface area contributed by atoms with Crippen molar-refractivity contribution in [1.29, 1.82) is 0 Å². The minimum Gasteiger partial charge on any atom is -0.456 e. The molecule has 0 saturated heterocycles. The molecule has 0 fully saturated rings. The molecule has 2 heteroatoms. The van der Waals surface area contributed by atoms with Gasteiger partial charge in [-0.2, -0.15) is 0 Å². The molecule has 0 spiro atoms. The van der Waals surface area contributed by atoms with Crippen molar-refractivity contribution in [1.82, 2.24) is 0 Å². The van der Waals surface area contributed by atoms with Crippen molar-refractivity contribution in [3.63, 3.8) is 0 Å². The molecule has 0 saturated carbocycles. The normalized spacial score (nSPS) is 15.3. The highest BCUT2D eigenvalue weighted by atomic mass is 16.3. The Morgan fingerprint density at radius 2 is 1.20 bits per heavy atom. The van der Waals surface area contributed by atoms with E-state index < -0.39 is 0 Å². The Labute approximate surface area is 356 Å². The van der Waals surface area contributed by atoms with Gasteiger partial charge in [0.25, 0.3) is 0 Å². The zero-order valence-electron chi connectivity index (χ0n) is 34.3. The summed E-state index contributed by atoms with van der Waals surface area (Å²) in [7, 11) is 0. The van der Waals surface area contributed by atoms with Gasteiger partial charge in [0.15, 0.2) is 0 Å². The summed E-state index contributed by atoms with van der Waals surface area (Å²) in [5.41, 5.74) is 16.8. The third-order valence-electron chi connectivity index (χ3n) is 13.4. The van der Waals surface area contributed by atoms with E-state index in [9.17, 15) is 0 Å². The first-order chi connectivity index (χ1) is 30.0. The summed E-state index contributed by atoms with van der Waals surface area (Å²) >= 11 is 0. The zero-order valence-corrected chi connectivity index (χ0v) is 34.3. The number of furan rings is 1. The molecule has 9 aromatic carbocycles. The third-order valence-corrected chi connectivity index (χ3v) is 13.4. The number of hydrogen-bond acceptors (Lipinski definition) is 2. The largest absolute Gasteiger partial charge is 0.456 e. The fourth-order valence-corrected chi connectivity index (χ4v) is 10.6. The van der Waals surface area contributed by atoms with Crippen molar-refractivity contribution >= 4 is 54.9 Å². The molecule has 2 nitrogen and oxygen atoms in total. The van der Waals surface area contributed by atoms with Gasteiger partial charge >= 0.3 is 0 Å². The van der Waals surface area contributed by atoms with E-state index in [2.05, 4.69) is 225 Å². The second kappa shape index (κ2) is 13.8. The van der Waals surface area contributed by atoms with E-state index in [1.807, 2.05) is 0 Å². The number of anilines is 2. The van der Waals surface area contributed by atoms with Crippen LogP contribution in [-0.2, 0) is 5.41 Å². The van der Waals surface area contributed by atoms with Crippen LogP contribution in [0, 0.1) is 0 Å². The molecular weight excluding hydrogens is 739 g/mol. The van der Waals surface area contributed by atoms with Gasteiger partial charge in [0.05, 0.1) is 5.69 Å². The van der Waals surface area contributed by atoms with E-state index in [4.69, 9.17) is 4.42 Å². The van der Waals surface area contributed by atoms with Crippen LogP contribution in [0.2, 0.25) is 0 Å². The lowest BCUT2D eigenvalue weighted by atomic mass is 9.76. The van der Waals surface area contributed by atoms with E-state index in [-0.39, 0.29) is 11.3 Å². The van der Waals surface area contributed by atoms with E-state index in [0.717, 1.165) is 56.6 Å². The maximum atomic E-state index is 6.61. The van der Waals surface area contributed by atoms with Crippen LogP contribution in [0.25, 0.3) is 76.9 Å². The van der Waals surface area contributed by atoms with Gasteiger partial charge in [-0.25, -0.2) is 0 Å². The van der Waals surface area contributed by atoms with Gasteiger partial charge in [0.2, 0.25) is 0 Å². The van der Waals surface area contributed by atoms with Crippen molar-refractivity contribution in [3.8, 4) is 33.4 Å². The van der Waals surface area contributed by atoms with Crippen molar-refractivity contribution in [3.05, 3.63) is 229 Å². The van der Waals surface area contributed by atoms with Crippen LogP contribution in [0.15, 0.2) is 216 Å². The van der Waals surface area contributed by atoms with Crippen LogP contribution in [0.5, 0.6) is 0 Å². The van der Waals surface area contributed by atoms with Crippen molar-refractivity contribution in [2.24, 2.45) is 0 Å². The van der Waals surface area contributed by atoms with E-state index >= 15 is 0 Å². The molecule has 0 aliphatic heterocycles. The number of allylic oxidation sites excluding steroid dienone is 3. The summed E-state index contributed by atoms with van der Waals surface area (Å²) in [5.74, 6) is 0.257. The summed E-state index contributed by atoms with van der Waals surface area (Å²) in [6, 6.07) is 68.6. The van der Waals surface area contributed by atoms with Gasteiger partial charge in [0, 0.05) is 39.1 Å². The van der Waals surface area contributed by atoms with Crippen molar-refractivity contribution in [2.75, 3.05) is 4.90 Å². The summed E-state index contributed by atoms with van der Waals surface area (Å²) in [5, 5.41) is 7.13. The minimum absolute atomic E-state index is 0.0715. The fourth-order valence-electron chi connectivity index (χ4n) is 10.6. The van der Waals surface area contributed by atoms with Gasteiger partial charge in [-0.1, -0.05) is 178 Å². The number of rotatable bonds is 6. The summed E-state index contributed by atoms with van der Waals surface area (Å²) in [6.45, 7) is 4.78. The lowest BCUT2D eigenvalue weighted by molar-refractivity contribution is 0.642. The molecule has 0 N–H and O–H groups in total. The van der Waals surface area contributed by atoms with Crippen LogP contribution in [0.4, 0.5) is 11.4 Å². The minimum atomic E-state index is -0.0715. The molecular formula is C59H43NO. The fraction of sp³-hybridized carbons (Fsp3) is 0.0847. The highest BCUT2D eigenvalue weighted by molar-refractivity contribution is 6.16. The number of hydrogen-bond donors (Lipinski definition) is 0. The van der Waals surface area contributed by atoms with E-state index in [1.165, 1.54) is 60.5 Å². The first-order valence-electron chi connectivity index (χ1n) is 21.4. The Hall–Kier alpha value is -7.42. The third kappa shape index (κ3) is 5.63. The van der Waals surface area contributed by atoms with Gasteiger partial charge < -0.3 is 9.32 Å². The standard InChI is InChI=1S/C59H43NO/c1-59(2)53-28-9-7-22-48(53)51-27-13-25-47(58(51)59)39-31-33-43(34-32-39)60(44-20-11-19-42(35-44)46-24-12-18-38-15-5-6-21-45(38)46)54-29-10-8-23-49(54)50-26-14-30-55-57(50)52-36-40-16-3-4-17-41(40)37-56(52)61-55/h3-31,33-37,39H,32H2,1-2H3. The molecule has 2 aliphatic carbocycles. The first kappa shape index (κ1) is 35.5. The molecule has 10 aromatic rings. The van der Waals surface area contributed by atoms with Crippen LogP contribution in [0.1, 0.15) is 42.9 Å². The van der Waals surface area contributed by atoms with Crippen LogP contribution < -0.4 is 4.90 Å². The average molecular weight is 782 g/mol. The average Bonchev–Trinajstić information content (AvgIpc) is 3.79. The topological polar surface area (TPSA) is 16.4 Å². The molecule has 61 heavy (non-hydrogen) atoms. The van der Waals surface area contributed by atoms with E-state index in [0.29, 0.717) is 0 Å². The second-order valence-electron chi connectivity index (χ2n) is 17.2. The van der Waals surface area contributed by atoms with Crippen LogP contribution in [-0.4, -0.2) is 0 Å². The molecule has 1 unspecified atom stereocenters. The second-order valence-corrected chi connectivity index (χ2v) is 17.2. The van der Waals surface area contributed by atoms with E-state index in [1.54, 1.807) is 0 Å². The number of fused-ring (bicyclic) bond motifs is 8. The summed E-state index contributed by atoms with van der Waals surface area (Å²) in [4.78, 5) is 2.47. The van der Waals surface area contributed by atoms with Crippen LogP contribution >= 0.6 is 0 Å². The van der Waals surface area contributed by atoms with Gasteiger partial charge in [-0.05, 0) is 115 Å². The molecule has 12 rings (SSSR count). The highest BCUT2D eigenvalue weighted by Crippen LogP contribution is 2.52. The molecule has 290 valence electrons. The Bertz CT molecular complexity index is 3440. The smallest absolute Gasteiger partial charge is 0.136 e.